The molecule has 1 saturated heterocycles. The highest BCUT2D eigenvalue weighted by Gasteiger charge is 2.26. The summed E-state index contributed by atoms with van der Waals surface area (Å²) in [6.45, 7) is 5.65. The van der Waals surface area contributed by atoms with Crippen molar-refractivity contribution < 1.29 is 5.11 Å². The fourth-order valence-electron chi connectivity index (χ4n) is 5.73. The normalized spacial score (nSPS) is 14.9. The zero-order valence-electron chi connectivity index (χ0n) is 21.7. The van der Waals surface area contributed by atoms with Gasteiger partial charge < -0.3 is 9.67 Å². The smallest absolute Gasteiger partial charge is 0.141 e. The summed E-state index contributed by atoms with van der Waals surface area (Å²) >= 11 is 0. The van der Waals surface area contributed by atoms with Crippen molar-refractivity contribution in [2.45, 2.75) is 19.1 Å². The molecule has 0 saturated carbocycles. The van der Waals surface area contributed by atoms with E-state index in [-0.39, 0.29) is 12.6 Å². The second-order valence-corrected chi connectivity index (χ2v) is 10.0. The molecular formula is C33H34N4O. The lowest BCUT2D eigenvalue weighted by molar-refractivity contribution is 0.105. The van der Waals surface area contributed by atoms with Crippen molar-refractivity contribution in [1.82, 2.24) is 19.4 Å². The van der Waals surface area contributed by atoms with Crippen molar-refractivity contribution in [1.29, 1.82) is 0 Å². The van der Waals surface area contributed by atoms with Crippen LogP contribution in [0.5, 0.6) is 0 Å². The average molecular weight is 503 g/mol. The van der Waals surface area contributed by atoms with Gasteiger partial charge in [0, 0.05) is 44.8 Å². The molecule has 0 atom stereocenters. The second-order valence-electron chi connectivity index (χ2n) is 10.0. The Morgan fingerprint density at radius 1 is 0.711 bits per heavy atom. The van der Waals surface area contributed by atoms with Gasteiger partial charge in [0.25, 0.3) is 0 Å². The lowest BCUT2D eigenvalue weighted by Crippen LogP contribution is -2.47. The number of hydrogen-bond donors (Lipinski definition) is 1. The van der Waals surface area contributed by atoms with E-state index in [0.717, 1.165) is 55.1 Å². The van der Waals surface area contributed by atoms with Crippen molar-refractivity contribution in [3.63, 3.8) is 0 Å². The lowest BCUT2D eigenvalue weighted by atomic mass is 9.96. The summed E-state index contributed by atoms with van der Waals surface area (Å²) in [6, 6.07) is 38.9. The highest BCUT2D eigenvalue weighted by Crippen LogP contribution is 2.30. The average Bonchev–Trinajstić information content (AvgIpc) is 3.33. The number of piperazine rings is 1. The lowest BCUT2D eigenvalue weighted by Gasteiger charge is -2.39. The quantitative estimate of drug-likeness (QED) is 0.300. The Morgan fingerprint density at radius 2 is 1.32 bits per heavy atom. The van der Waals surface area contributed by atoms with Crippen LogP contribution < -0.4 is 0 Å². The minimum atomic E-state index is 0.0876. The summed E-state index contributed by atoms with van der Waals surface area (Å²) in [5.41, 5.74) is 7.11. The standard InChI is InChI=1S/C33H34N4O/c38-23-22-37-31-17-16-26(24-30(31)34-33(37)29-14-8-3-9-15-29)25-35-18-20-36(21-19-35)32(27-10-4-1-5-11-27)28-12-6-2-7-13-28/h1-17,24,32,38H,18-23,25H2. The largest absolute Gasteiger partial charge is 0.395 e. The van der Waals surface area contributed by atoms with Crippen molar-refractivity contribution in [3.05, 3.63) is 126 Å². The van der Waals surface area contributed by atoms with Gasteiger partial charge in [0.1, 0.15) is 5.82 Å². The number of rotatable bonds is 8. The predicted octanol–water partition coefficient (Wildman–Crippen LogP) is 5.60. The minimum Gasteiger partial charge on any atom is -0.395 e. The van der Waals surface area contributed by atoms with E-state index in [1.54, 1.807) is 0 Å². The highest BCUT2D eigenvalue weighted by molar-refractivity contribution is 5.81. The van der Waals surface area contributed by atoms with Crippen LogP contribution in [-0.2, 0) is 13.1 Å². The first-order chi connectivity index (χ1) is 18.8. The zero-order valence-corrected chi connectivity index (χ0v) is 21.7. The van der Waals surface area contributed by atoms with Crippen LogP contribution in [0.4, 0.5) is 0 Å². The number of aliphatic hydroxyl groups excluding tert-OH is 1. The van der Waals surface area contributed by atoms with Gasteiger partial charge in [-0.15, -0.1) is 0 Å². The number of nitrogens with zero attached hydrogens (tertiary/aromatic N) is 4. The summed E-state index contributed by atoms with van der Waals surface area (Å²) in [6.07, 6.45) is 0. The first kappa shape index (κ1) is 24.6. The van der Waals surface area contributed by atoms with E-state index in [9.17, 15) is 5.11 Å². The molecule has 1 fully saturated rings. The Morgan fingerprint density at radius 3 is 1.92 bits per heavy atom. The Balaban J connectivity index is 1.18. The van der Waals surface area contributed by atoms with Gasteiger partial charge in [0.15, 0.2) is 0 Å². The van der Waals surface area contributed by atoms with E-state index in [1.807, 2.05) is 18.2 Å². The van der Waals surface area contributed by atoms with E-state index in [2.05, 4.69) is 105 Å². The maximum atomic E-state index is 9.69. The van der Waals surface area contributed by atoms with Gasteiger partial charge in [-0.25, -0.2) is 4.98 Å². The van der Waals surface area contributed by atoms with Gasteiger partial charge in [-0.1, -0.05) is 97.1 Å². The molecule has 2 heterocycles. The van der Waals surface area contributed by atoms with E-state index in [4.69, 9.17) is 4.98 Å². The number of aromatic nitrogens is 2. The van der Waals surface area contributed by atoms with Gasteiger partial charge in [-0.3, -0.25) is 9.80 Å². The number of benzene rings is 4. The van der Waals surface area contributed by atoms with Crippen LogP contribution in [0.1, 0.15) is 22.7 Å². The van der Waals surface area contributed by atoms with Crippen LogP contribution in [0, 0.1) is 0 Å². The summed E-state index contributed by atoms with van der Waals surface area (Å²) in [5.74, 6) is 0.910. The maximum Gasteiger partial charge on any atom is 0.141 e. The topological polar surface area (TPSA) is 44.5 Å². The Bertz CT molecular complexity index is 1420. The molecule has 1 aromatic heterocycles. The van der Waals surface area contributed by atoms with Gasteiger partial charge in [0.05, 0.1) is 23.7 Å². The van der Waals surface area contributed by atoms with E-state index >= 15 is 0 Å². The minimum absolute atomic E-state index is 0.0876. The third kappa shape index (κ3) is 5.14. The van der Waals surface area contributed by atoms with Gasteiger partial charge >= 0.3 is 0 Å². The molecule has 0 bridgehead atoms. The molecule has 5 heteroatoms. The number of fused-ring (bicyclic) bond motifs is 1. The molecule has 0 radical (unpaired) electrons. The maximum absolute atomic E-state index is 9.69. The van der Waals surface area contributed by atoms with Crippen LogP contribution in [0.15, 0.2) is 109 Å². The molecule has 1 aliphatic rings. The molecule has 0 unspecified atom stereocenters. The van der Waals surface area contributed by atoms with Crippen LogP contribution in [0.3, 0.4) is 0 Å². The Labute approximate surface area is 224 Å². The number of imidazole rings is 1. The molecule has 38 heavy (non-hydrogen) atoms. The van der Waals surface area contributed by atoms with Gasteiger partial charge in [-0.05, 0) is 28.8 Å². The molecule has 0 aliphatic carbocycles. The van der Waals surface area contributed by atoms with Crippen LogP contribution in [-0.4, -0.2) is 57.2 Å². The number of aliphatic hydroxyl groups is 1. The molecule has 1 aliphatic heterocycles. The van der Waals surface area contributed by atoms with Crippen LogP contribution in [0.2, 0.25) is 0 Å². The van der Waals surface area contributed by atoms with Crippen molar-refractivity contribution in [2.75, 3.05) is 32.8 Å². The third-order valence-electron chi connectivity index (χ3n) is 7.58. The second kappa shape index (κ2) is 11.3. The first-order valence-corrected chi connectivity index (χ1v) is 13.5. The fraction of sp³-hybridized carbons (Fsp3) is 0.242. The monoisotopic (exact) mass is 502 g/mol. The predicted molar refractivity (Wildman–Crippen MR) is 154 cm³/mol. The summed E-state index contributed by atoms with van der Waals surface area (Å²) in [7, 11) is 0. The molecule has 4 aromatic carbocycles. The molecule has 192 valence electrons. The van der Waals surface area contributed by atoms with E-state index in [0.29, 0.717) is 6.54 Å². The van der Waals surface area contributed by atoms with Gasteiger partial charge in [0.2, 0.25) is 0 Å². The van der Waals surface area contributed by atoms with Gasteiger partial charge in [-0.2, -0.15) is 0 Å². The molecule has 5 aromatic rings. The van der Waals surface area contributed by atoms with E-state index in [1.165, 1.54) is 16.7 Å². The summed E-state index contributed by atoms with van der Waals surface area (Å²) in [5, 5.41) is 9.69. The van der Waals surface area contributed by atoms with Crippen LogP contribution in [0.25, 0.3) is 22.4 Å². The fourth-order valence-corrected chi connectivity index (χ4v) is 5.73. The van der Waals surface area contributed by atoms with Crippen molar-refractivity contribution in [2.24, 2.45) is 0 Å². The number of hydrogen-bond acceptors (Lipinski definition) is 4. The van der Waals surface area contributed by atoms with Crippen molar-refractivity contribution in [3.8, 4) is 11.4 Å². The third-order valence-corrected chi connectivity index (χ3v) is 7.58. The van der Waals surface area contributed by atoms with Crippen LogP contribution >= 0.6 is 0 Å². The Kier molecular flexibility index (Phi) is 7.31. The molecular weight excluding hydrogens is 468 g/mol. The molecule has 0 amide bonds. The summed E-state index contributed by atoms with van der Waals surface area (Å²) in [4.78, 5) is 10.2. The highest BCUT2D eigenvalue weighted by atomic mass is 16.3. The SMILES string of the molecule is OCCn1c(-c2ccccc2)nc2cc(CN3CCN(C(c4ccccc4)c4ccccc4)CC3)ccc21. The zero-order chi connectivity index (χ0) is 25.7. The van der Waals surface area contributed by atoms with Crippen molar-refractivity contribution >= 4 is 11.0 Å². The van der Waals surface area contributed by atoms with E-state index < -0.39 is 0 Å². The molecule has 6 rings (SSSR count). The first-order valence-electron chi connectivity index (χ1n) is 13.5. The molecule has 0 spiro atoms. The molecule has 1 N–H and O–H groups in total. The molecule has 5 nitrogen and oxygen atoms in total. The Hall–Kier alpha value is -3.77. The summed E-state index contributed by atoms with van der Waals surface area (Å²) < 4.78 is 2.13.